The minimum absolute atomic E-state index is 0.149. The van der Waals surface area contributed by atoms with Crippen molar-refractivity contribution in [1.29, 1.82) is 0 Å². The summed E-state index contributed by atoms with van der Waals surface area (Å²) in [6.45, 7) is 7.60. The fourth-order valence-electron chi connectivity index (χ4n) is 6.02. The molecule has 4 N–H and O–H groups in total. The summed E-state index contributed by atoms with van der Waals surface area (Å²) in [6, 6.07) is 8.16. The van der Waals surface area contributed by atoms with Crippen molar-refractivity contribution in [2.45, 2.75) is 49.7 Å². The first-order valence-corrected chi connectivity index (χ1v) is 15.8. The van der Waals surface area contributed by atoms with E-state index in [9.17, 15) is 22.0 Å². The molecule has 3 aliphatic heterocycles. The Morgan fingerprint density at radius 2 is 1.88 bits per heavy atom. The van der Waals surface area contributed by atoms with Crippen molar-refractivity contribution in [2.24, 2.45) is 0 Å². The first-order chi connectivity index (χ1) is 20.5. The van der Waals surface area contributed by atoms with Gasteiger partial charge in [-0.2, -0.15) is 9.40 Å². The minimum Gasteiger partial charge on any atom is -0.383 e. The number of sulfonamides is 1. The number of carbonyl (C=O) groups excluding carboxylic acids is 1. The summed E-state index contributed by atoms with van der Waals surface area (Å²) in [4.78, 5) is 15.4. The molecule has 11 nitrogen and oxygen atoms in total. The number of nitrogens with one attached hydrogen (secondary N) is 4. The molecule has 1 aromatic heterocycles. The average Bonchev–Trinajstić information content (AvgIpc) is 3.70. The third kappa shape index (κ3) is 5.71. The molecule has 2 saturated heterocycles. The number of nitrogens with zero attached hydrogens (tertiary/aromatic N) is 3. The van der Waals surface area contributed by atoms with Crippen LogP contribution in [0.4, 0.5) is 26.0 Å². The molecule has 0 unspecified atom stereocenters. The van der Waals surface area contributed by atoms with E-state index < -0.39 is 38.0 Å². The van der Waals surface area contributed by atoms with Gasteiger partial charge in [0.05, 0.1) is 34.9 Å². The lowest BCUT2D eigenvalue weighted by Crippen LogP contribution is -2.40. The monoisotopic (exact) mass is 615 g/mol. The smallest absolute Gasteiger partial charge is 0.258 e. The number of anilines is 3. The Morgan fingerprint density at radius 1 is 1.14 bits per heavy atom. The number of rotatable bonds is 8. The van der Waals surface area contributed by atoms with Gasteiger partial charge in [0.25, 0.3) is 5.91 Å². The number of amides is 1. The van der Waals surface area contributed by atoms with Gasteiger partial charge in [0.2, 0.25) is 10.0 Å². The zero-order chi connectivity index (χ0) is 30.4. The van der Waals surface area contributed by atoms with E-state index in [-0.39, 0.29) is 12.4 Å². The van der Waals surface area contributed by atoms with Crippen molar-refractivity contribution < 1.29 is 26.7 Å². The molecule has 0 radical (unpaired) electrons. The van der Waals surface area contributed by atoms with E-state index in [1.54, 1.807) is 19.9 Å². The fraction of sp³-hybridized carbons (Fsp3) is 0.448. The topological polar surface area (TPSA) is 132 Å². The third-order valence-corrected chi connectivity index (χ3v) is 10.4. The van der Waals surface area contributed by atoms with Gasteiger partial charge < -0.3 is 25.6 Å². The lowest BCUT2D eigenvalue weighted by molar-refractivity contribution is 0.102. The Balaban J connectivity index is 1.26. The van der Waals surface area contributed by atoms with E-state index in [1.807, 2.05) is 12.1 Å². The van der Waals surface area contributed by atoms with Crippen molar-refractivity contribution >= 4 is 33.1 Å². The highest BCUT2D eigenvalue weighted by atomic mass is 32.2. The lowest BCUT2D eigenvalue weighted by Gasteiger charge is -2.30. The van der Waals surface area contributed by atoms with E-state index in [1.165, 1.54) is 0 Å². The number of ether oxygens (including phenoxy) is 1. The molecule has 0 bridgehead atoms. The molecule has 2 fully saturated rings. The van der Waals surface area contributed by atoms with Crippen molar-refractivity contribution in [3.05, 3.63) is 64.9 Å². The zero-order valence-corrected chi connectivity index (χ0v) is 24.9. The van der Waals surface area contributed by atoms with Crippen molar-refractivity contribution in [1.82, 2.24) is 19.8 Å². The summed E-state index contributed by atoms with van der Waals surface area (Å²) in [5.74, 6) is -2.19. The lowest BCUT2D eigenvalue weighted by atomic mass is 10.0. The van der Waals surface area contributed by atoms with Gasteiger partial charge in [0.1, 0.15) is 11.6 Å². The van der Waals surface area contributed by atoms with E-state index in [4.69, 9.17) is 4.74 Å². The molecule has 2 aromatic carbocycles. The largest absolute Gasteiger partial charge is 0.383 e. The van der Waals surface area contributed by atoms with Crippen LogP contribution in [0.5, 0.6) is 0 Å². The maximum absolute atomic E-state index is 13.9. The predicted octanol–water partition coefficient (Wildman–Crippen LogP) is 3.38. The SMILES string of the molecule is CC1(C)c2[nH]nc(NC(=O)c3ccc(N4CCOCC4)cc3NC[C@H]3CCCN3)c2CN1S(=O)(=O)c1cc(F)cc(F)c1. The summed E-state index contributed by atoms with van der Waals surface area (Å²) in [5.41, 5.74) is 1.92. The van der Waals surface area contributed by atoms with Crippen LogP contribution < -0.4 is 20.9 Å². The first-order valence-electron chi connectivity index (χ1n) is 14.4. The van der Waals surface area contributed by atoms with Crippen LogP contribution in [0.3, 0.4) is 0 Å². The van der Waals surface area contributed by atoms with Crippen molar-refractivity contribution in [2.75, 3.05) is 54.9 Å². The number of carbonyl (C=O) groups is 1. The summed E-state index contributed by atoms with van der Waals surface area (Å²) in [6.07, 6.45) is 2.16. The van der Waals surface area contributed by atoms with Gasteiger partial charge in [0.15, 0.2) is 5.82 Å². The van der Waals surface area contributed by atoms with E-state index in [0.29, 0.717) is 54.4 Å². The molecule has 0 aliphatic carbocycles. The van der Waals surface area contributed by atoms with Crippen molar-refractivity contribution in [3.63, 3.8) is 0 Å². The second-order valence-electron chi connectivity index (χ2n) is 11.6. The molecular weight excluding hydrogens is 580 g/mol. The molecular formula is C29H35F2N7O4S. The van der Waals surface area contributed by atoms with Gasteiger partial charge in [-0.3, -0.25) is 9.89 Å². The number of halogens is 2. The average molecular weight is 616 g/mol. The summed E-state index contributed by atoms with van der Waals surface area (Å²) >= 11 is 0. The van der Waals surface area contributed by atoms with Crippen molar-refractivity contribution in [3.8, 4) is 0 Å². The Bertz CT molecular complexity index is 1610. The molecule has 1 atom stereocenters. The number of hydrogen-bond donors (Lipinski definition) is 4. The Hall–Kier alpha value is -3.59. The normalized spacial score (nSPS) is 20.3. The van der Waals surface area contributed by atoms with Crippen LogP contribution in [-0.2, 0) is 26.8 Å². The summed E-state index contributed by atoms with van der Waals surface area (Å²) in [7, 11) is -4.30. The highest BCUT2D eigenvalue weighted by Gasteiger charge is 2.48. The third-order valence-electron chi connectivity index (χ3n) is 8.39. The highest BCUT2D eigenvalue weighted by molar-refractivity contribution is 7.89. The van der Waals surface area contributed by atoms with E-state index in [0.717, 1.165) is 54.6 Å². The quantitative estimate of drug-likeness (QED) is 0.304. The molecule has 3 aliphatic rings. The zero-order valence-electron chi connectivity index (χ0n) is 24.0. The molecule has 6 rings (SSSR count). The molecule has 3 aromatic rings. The molecule has 4 heterocycles. The molecule has 0 spiro atoms. The van der Waals surface area contributed by atoms with Gasteiger partial charge in [-0.05, 0) is 63.6 Å². The first kappa shape index (κ1) is 29.5. The van der Waals surface area contributed by atoms with Gasteiger partial charge in [-0.15, -0.1) is 0 Å². The number of hydrogen-bond acceptors (Lipinski definition) is 8. The number of morpholine rings is 1. The second-order valence-corrected chi connectivity index (χ2v) is 13.4. The van der Waals surface area contributed by atoms with Gasteiger partial charge >= 0.3 is 0 Å². The predicted molar refractivity (Wildman–Crippen MR) is 158 cm³/mol. The number of fused-ring (bicyclic) bond motifs is 1. The number of benzene rings is 2. The molecule has 14 heteroatoms. The highest BCUT2D eigenvalue weighted by Crippen LogP contribution is 2.44. The van der Waals surface area contributed by atoms with Crippen LogP contribution in [-0.4, -0.2) is 74.3 Å². The van der Waals surface area contributed by atoms with Crippen LogP contribution in [0.25, 0.3) is 0 Å². The van der Waals surface area contributed by atoms with E-state index in [2.05, 4.69) is 31.0 Å². The Kier molecular flexibility index (Phi) is 7.87. The molecule has 43 heavy (non-hydrogen) atoms. The van der Waals surface area contributed by atoms with Crippen LogP contribution in [0.1, 0.15) is 48.3 Å². The molecule has 230 valence electrons. The Labute approximate surface area is 249 Å². The van der Waals surface area contributed by atoms with Crippen LogP contribution >= 0.6 is 0 Å². The fourth-order valence-corrected chi connectivity index (χ4v) is 7.79. The van der Waals surface area contributed by atoms with Gasteiger partial charge in [-0.25, -0.2) is 17.2 Å². The number of H-pyrrole nitrogens is 1. The van der Waals surface area contributed by atoms with Gasteiger partial charge in [0, 0.05) is 55.2 Å². The summed E-state index contributed by atoms with van der Waals surface area (Å²) in [5, 5.41) is 17.0. The maximum Gasteiger partial charge on any atom is 0.258 e. The van der Waals surface area contributed by atoms with E-state index >= 15 is 0 Å². The molecule has 1 amide bonds. The molecule has 0 saturated carbocycles. The van der Waals surface area contributed by atoms with Crippen LogP contribution in [0.15, 0.2) is 41.3 Å². The Morgan fingerprint density at radius 3 is 2.58 bits per heavy atom. The summed E-state index contributed by atoms with van der Waals surface area (Å²) < 4.78 is 61.5. The number of aromatic amines is 1. The standard InChI is InChI=1S/C29H35F2N7O4S/c1-29(2)26-24(17-38(29)43(40,41)22-13-18(30)12-19(31)14-22)27(36-35-26)34-28(39)23-6-5-21(37-8-10-42-11-9-37)15-25(23)33-16-20-4-3-7-32-20/h5-6,12-15,20,32-33H,3-4,7-11,16-17H2,1-2H3,(H2,34,35,36,39)/t20-/m1/s1. The number of aromatic nitrogens is 2. The van der Waals surface area contributed by atoms with Crippen LogP contribution in [0, 0.1) is 11.6 Å². The maximum atomic E-state index is 13.9. The second kappa shape index (κ2) is 11.5. The minimum atomic E-state index is -4.30. The van der Waals surface area contributed by atoms with Gasteiger partial charge in [-0.1, -0.05) is 0 Å². The van der Waals surface area contributed by atoms with Crippen LogP contribution in [0.2, 0.25) is 0 Å².